The third kappa shape index (κ3) is 1.91. The zero-order valence-corrected chi connectivity index (χ0v) is 16.4. The number of hydrogen-bond donors (Lipinski definition) is 0. The number of hydrogen-bond acceptors (Lipinski definition) is 2. The van der Waals surface area contributed by atoms with Crippen molar-refractivity contribution in [2.75, 3.05) is 14.2 Å². The summed E-state index contributed by atoms with van der Waals surface area (Å²) in [5.74, 6) is 1.74. The van der Waals surface area contributed by atoms with Crippen LogP contribution in [-0.2, 0) is 5.41 Å². The average molecular weight is 376 g/mol. The van der Waals surface area contributed by atoms with Gasteiger partial charge in [-0.05, 0) is 68.8 Å². The fourth-order valence-corrected chi connectivity index (χ4v) is 5.36. The summed E-state index contributed by atoms with van der Waals surface area (Å²) in [4.78, 5) is 0. The minimum absolute atomic E-state index is 0.309. The largest absolute Gasteiger partial charge is 0.497 e. The van der Waals surface area contributed by atoms with E-state index in [1.54, 1.807) is 14.2 Å². The van der Waals surface area contributed by atoms with Gasteiger partial charge < -0.3 is 9.47 Å². The molecule has 0 atom stereocenters. The molecule has 0 N–H and O–H groups in total. The maximum Gasteiger partial charge on any atom is 0.119 e. The summed E-state index contributed by atoms with van der Waals surface area (Å²) in [7, 11) is 3.44. The second-order valence-electron chi connectivity index (χ2n) is 7.66. The molecule has 0 aliphatic heterocycles. The summed E-state index contributed by atoms with van der Waals surface area (Å²) in [6.45, 7) is 0. The van der Waals surface area contributed by atoms with Crippen LogP contribution in [-0.4, -0.2) is 14.2 Å². The monoisotopic (exact) mass is 376 g/mol. The Bertz CT molecular complexity index is 1180. The first-order valence-corrected chi connectivity index (χ1v) is 9.86. The number of methoxy groups -OCH3 is 2. The highest BCUT2D eigenvalue weighted by Gasteiger charge is 2.51. The van der Waals surface area contributed by atoms with Crippen LogP contribution >= 0.6 is 0 Å². The van der Waals surface area contributed by atoms with E-state index in [-0.39, 0.29) is 5.41 Å². The van der Waals surface area contributed by atoms with Crippen LogP contribution in [0.5, 0.6) is 11.5 Å². The van der Waals surface area contributed by atoms with Gasteiger partial charge in [0.2, 0.25) is 0 Å². The Morgan fingerprint density at radius 1 is 0.483 bits per heavy atom. The van der Waals surface area contributed by atoms with Crippen molar-refractivity contribution in [3.05, 3.63) is 107 Å². The van der Waals surface area contributed by atoms with Crippen LogP contribution in [0.1, 0.15) is 22.3 Å². The molecular weight excluding hydrogens is 356 g/mol. The molecule has 29 heavy (non-hydrogen) atoms. The van der Waals surface area contributed by atoms with Crippen LogP contribution < -0.4 is 9.47 Å². The van der Waals surface area contributed by atoms with E-state index >= 15 is 0 Å². The second kappa shape index (κ2) is 5.74. The molecule has 0 saturated heterocycles. The fraction of sp³-hybridized carbons (Fsp3) is 0.111. The minimum Gasteiger partial charge on any atom is -0.497 e. The lowest BCUT2D eigenvalue weighted by Crippen LogP contribution is -2.25. The van der Waals surface area contributed by atoms with Crippen LogP contribution in [0.3, 0.4) is 0 Å². The van der Waals surface area contributed by atoms with Crippen molar-refractivity contribution in [1.29, 1.82) is 0 Å². The Balaban J connectivity index is 1.81. The summed E-state index contributed by atoms with van der Waals surface area (Å²) in [6.07, 6.45) is 0. The number of fused-ring (bicyclic) bond motifs is 10. The molecule has 0 saturated carbocycles. The molecule has 0 radical (unpaired) electrons. The molecule has 2 heteroatoms. The van der Waals surface area contributed by atoms with Gasteiger partial charge >= 0.3 is 0 Å². The van der Waals surface area contributed by atoms with E-state index in [1.807, 2.05) is 0 Å². The fourth-order valence-electron chi connectivity index (χ4n) is 5.36. The van der Waals surface area contributed by atoms with E-state index < -0.39 is 0 Å². The highest BCUT2D eigenvalue weighted by atomic mass is 16.5. The lowest BCUT2D eigenvalue weighted by atomic mass is 9.70. The van der Waals surface area contributed by atoms with Crippen LogP contribution in [0.25, 0.3) is 22.3 Å². The smallest absolute Gasteiger partial charge is 0.119 e. The van der Waals surface area contributed by atoms with Gasteiger partial charge in [0, 0.05) is 0 Å². The maximum atomic E-state index is 5.57. The molecule has 6 rings (SSSR count). The molecule has 0 unspecified atom stereocenters. The van der Waals surface area contributed by atoms with Gasteiger partial charge in [-0.25, -0.2) is 0 Å². The summed E-state index contributed by atoms with van der Waals surface area (Å²) in [6, 6.07) is 30.6. The highest BCUT2D eigenvalue weighted by Crippen LogP contribution is 2.63. The number of ether oxygens (including phenoxy) is 2. The topological polar surface area (TPSA) is 18.5 Å². The Kier molecular flexibility index (Phi) is 3.25. The average Bonchev–Trinajstić information content (AvgIpc) is 3.25. The summed E-state index contributed by atoms with van der Waals surface area (Å²) in [5.41, 5.74) is 10.0. The van der Waals surface area contributed by atoms with Crippen molar-refractivity contribution < 1.29 is 9.47 Å². The molecule has 0 amide bonds. The van der Waals surface area contributed by atoms with Crippen LogP contribution in [0.15, 0.2) is 84.9 Å². The standard InChI is InChI=1S/C27H20O2/c1-28-17-11-13-25-21(15-17)22-16-18(29-2)12-14-26(22)27(25)23-9-5-3-7-19(23)20-8-4-6-10-24(20)27/h3-16H,1-2H3. The first-order valence-electron chi connectivity index (χ1n) is 9.86. The molecule has 4 aromatic carbocycles. The van der Waals surface area contributed by atoms with Crippen molar-refractivity contribution in [2.45, 2.75) is 5.41 Å². The summed E-state index contributed by atoms with van der Waals surface area (Å²) < 4.78 is 11.1. The first kappa shape index (κ1) is 16.4. The van der Waals surface area contributed by atoms with Crippen LogP contribution in [0, 0.1) is 0 Å². The summed E-state index contributed by atoms with van der Waals surface area (Å²) in [5, 5.41) is 0. The van der Waals surface area contributed by atoms with Gasteiger partial charge in [0.25, 0.3) is 0 Å². The van der Waals surface area contributed by atoms with Gasteiger partial charge in [-0.1, -0.05) is 60.7 Å². The van der Waals surface area contributed by atoms with Gasteiger partial charge in [-0.3, -0.25) is 0 Å². The molecular formula is C27H20O2. The van der Waals surface area contributed by atoms with Gasteiger partial charge in [0.05, 0.1) is 19.6 Å². The number of rotatable bonds is 2. The molecule has 1 spiro atoms. The van der Waals surface area contributed by atoms with Crippen LogP contribution in [0.4, 0.5) is 0 Å². The van der Waals surface area contributed by atoms with Crippen molar-refractivity contribution in [3.63, 3.8) is 0 Å². The Morgan fingerprint density at radius 2 is 0.897 bits per heavy atom. The second-order valence-corrected chi connectivity index (χ2v) is 7.66. The Hall–Kier alpha value is -3.52. The van der Waals surface area contributed by atoms with E-state index in [2.05, 4.69) is 84.9 Å². The van der Waals surface area contributed by atoms with Crippen molar-refractivity contribution in [2.24, 2.45) is 0 Å². The van der Waals surface area contributed by atoms with Gasteiger partial charge in [0.15, 0.2) is 0 Å². The molecule has 2 aliphatic carbocycles. The van der Waals surface area contributed by atoms with Crippen molar-refractivity contribution in [1.82, 2.24) is 0 Å². The molecule has 140 valence electrons. The zero-order valence-electron chi connectivity index (χ0n) is 16.4. The lowest BCUT2D eigenvalue weighted by molar-refractivity contribution is 0.414. The highest BCUT2D eigenvalue weighted by molar-refractivity contribution is 5.95. The molecule has 2 nitrogen and oxygen atoms in total. The molecule has 0 bridgehead atoms. The SMILES string of the molecule is COc1ccc2c(c1)-c1cc(OC)ccc1C21c2ccccc2-c2ccccc21. The third-order valence-corrected chi connectivity index (χ3v) is 6.50. The van der Waals surface area contributed by atoms with E-state index in [0.29, 0.717) is 0 Å². The predicted molar refractivity (Wildman–Crippen MR) is 116 cm³/mol. The van der Waals surface area contributed by atoms with E-state index in [9.17, 15) is 0 Å². The molecule has 2 aliphatic rings. The van der Waals surface area contributed by atoms with Gasteiger partial charge in [0.1, 0.15) is 11.5 Å². The number of benzene rings is 4. The Morgan fingerprint density at radius 3 is 1.34 bits per heavy atom. The first-order chi connectivity index (χ1) is 14.3. The van der Waals surface area contributed by atoms with Gasteiger partial charge in [-0.15, -0.1) is 0 Å². The van der Waals surface area contributed by atoms with Crippen molar-refractivity contribution in [3.8, 4) is 33.8 Å². The molecule has 0 heterocycles. The molecule has 4 aromatic rings. The van der Waals surface area contributed by atoms with Crippen molar-refractivity contribution >= 4 is 0 Å². The van der Waals surface area contributed by atoms with E-state index in [4.69, 9.17) is 9.47 Å². The quantitative estimate of drug-likeness (QED) is 0.366. The minimum atomic E-state index is -0.309. The Labute approximate surface area is 170 Å². The maximum absolute atomic E-state index is 5.57. The third-order valence-electron chi connectivity index (χ3n) is 6.50. The lowest BCUT2D eigenvalue weighted by Gasteiger charge is -2.30. The normalized spacial score (nSPS) is 14.1. The molecule has 0 fully saturated rings. The van der Waals surface area contributed by atoms with Crippen LogP contribution in [0.2, 0.25) is 0 Å². The van der Waals surface area contributed by atoms with E-state index in [0.717, 1.165) is 11.5 Å². The summed E-state index contributed by atoms with van der Waals surface area (Å²) >= 11 is 0. The predicted octanol–water partition coefficient (Wildman–Crippen LogP) is 6.05. The zero-order chi connectivity index (χ0) is 19.6. The van der Waals surface area contributed by atoms with Gasteiger partial charge in [-0.2, -0.15) is 0 Å². The molecule has 0 aromatic heterocycles. The van der Waals surface area contributed by atoms with E-state index in [1.165, 1.54) is 44.5 Å².